The first-order valence-electron chi connectivity index (χ1n) is 8.03. The molecule has 0 saturated heterocycles. The Kier molecular flexibility index (Phi) is 5.57. The van der Waals surface area contributed by atoms with Gasteiger partial charge in [0.15, 0.2) is 0 Å². The van der Waals surface area contributed by atoms with Crippen LogP contribution in [0.15, 0.2) is 12.3 Å². The second-order valence-electron chi connectivity index (χ2n) is 6.39. The van der Waals surface area contributed by atoms with Crippen LogP contribution in [0.3, 0.4) is 0 Å². The standard InChI is InChI=1S/C16H25N3O3/c1-12(2)11-18(10-8-15(20)21)16(22)14-7-9-17-19(14)13-5-3-4-6-13/h7,9,12-13H,3-6,8,10-11H2,1-2H3,(H,20,21). The number of carbonyl (C=O) groups is 2. The number of aromatic nitrogens is 2. The third-order valence-electron chi connectivity index (χ3n) is 4.03. The summed E-state index contributed by atoms with van der Waals surface area (Å²) < 4.78 is 1.84. The van der Waals surface area contributed by atoms with Crippen LogP contribution in [0, 0.1) is 5.92 Å². The molecule has 6 nitrogen and oxygen atoms in total. The van der Waals surface area contributed by atoms with Crippen LogP contribution < -0.4 is 0 Å². The average molecular weight is 307 g/mol. The fourth-order valence-corrected chi connectivity index (χ4v) is 3.03. The van der Waals surface area contributed by atoms with Gasteiger partial charge in [-0.3, -0.25) is 14.3 Å². The molecule has 0 unspecified atom stereocenters. The van der Waals surface area contributed by atoms with Gasteiger partial charge in [0.05, 0.1) is 12.5 Å². The lowest BCUT2D eigenvalue weighted by Crippen LogP contribution is -2.37. The molecule has 1 amide bonds. The number of nitrogens with zero attached hydrogens (tertiary/aromatic N) is 3. The molecule has 1 N–H and O–H groups in total. The SMILES string of the molecule is CC(C)CN(CCC(=O)O)C(=O)c1ccnn1C1CCCC1. The number of amides is 1. The summed E-state index contributed by atoms with van der Waals surface area (Å²) >= 11 is 0. The van der Waals surface area contributed by atoms with Gasteiger partial charge in [-0.2, -0.15) is 5.10 Å². The van der Waals surface area contributed by atoms with Crippen molar-refractivity contribution in [3.8, 4) is 0 Å². The van der Waals surface area contributed by atoms with Crippen molar-refractivity contribution in [2.45, 2.75) is 52.0 Å². The maximum atomic E-state index is 12.8. The summed E-state index contributed by atoms with van der Waals surface area (Å²) in [6.45, 7) is 4.84. The van der Waals surface area contributed by atoms with Crippen LogP contribution in [0.5, 0.6) is 0 Å². The van der Waals surface area contributed by atoms with E-state index in [0.717, 1.165) is 12.8 Å². The molecule has 0 bridgehead atoms. The molecule has 122 valence electrons. The topological polar surface area (TPSA) is 75.4 Å². The van der Waals surface area contributed by atoms with Crippen LogP contribution in [-0.2, 0) is 4.79 Å². The molecular formula is C16H25N3O3. The van der Waals surface area contributed by atoms with E-state index in [1.165, 1.54) is 12.8 Å². The largest absolute Gasteiger partial charge is 0.481 e. The van der Waals surface area contributed by atoms with Crippen molar-refractivity contribution in [2.24, 2.45) is 5.92 Å². The van der Waals surface area contributed by atoms with Gasteiger partial charge in [0.1, 0.15) is 5.69 Å². The van der Waals surface area contributed by atoms with Crippen LogP contribution in [0.25, 0.3) is 0 Å². The molecule has 1 aromatic rings. The van der Waals surface area contributed by atoms with Gasteiger partial charge in [-0.15, -0.1) is 0 Å². The first kappa shape index (κ1) is 16.5. The average Bonchev–Trinajstić information content (AvgIpc) is 3.11. The summed E-state index contributed by atoms with van der Waals surface area (Å²) in [7, 11) is 0. The van der Waals surface area contributed by atoms with Gasteiger partial charge in [0.2, 0.25) is 0 Å². The normalized spacial score (nSPS) is 15.4. The van der Waals surface area contributed by atoms with E-state index in [-0.39, 0.29) is 18.9 Å². The molecule has 0 atom stereocenters. The van der Waals surface area contributed by atoms with Crippen molar-refractivity contribution >= 4 is 11.9 Å². The highest BCUT2D eigenvalue weighted by molar-refractivity contribution is 5.92. The van der Waals surface area contributed by atoms with Gasteiger partial charge in [0, 0.05) is 19.3 Å². The third-order valence-corrected chi connectivity index (χ3v) is 4.03. The van der Waals surface area contributed by atoms with E-state index in [1.54, 1.807) is 17.2 Å². The number of carbonyl (C=O) groups excluding carboxylic acids is 1. The van der Waals surface area contributed by atoms with Crippen molar-refractivity contribution in [3.05, 3.63) is 18.0 Å². The van der Waals surface area contributed by atoms with Gasteiger partial charge >= 0.3 is 5.97 Å². The van der Waals surface area contributed by atoms with Crippen LogP contribution in [0.4, 0.5) is 0 Å². The maximum Gasteiger partial charge on any atom is 0.305 e. The first-order chi connectivity index (χ1) is 10.5. The summed E-state index contributed by atoms with van der Waals surface area (Å²) in [5.74, 6) is -0.703. The van der Waals surface area contributed by atoms with E-state index < -0.39 is 5.97 Å². The molecule has 0 aliphatic heterocycles. The molecular weight excluding hydrogens is 282 g/mol. The Balaban J connectivity index is 2.15. The summed E-state index contributed by atoms with van der Waals surface area (Å²) in [4.78, 5) is 25.3. The Morgan fingerprint density at radius 1 is 1.41 bits per heavy atom. The van der Waals surface area contributed by atoms with Gasteiger partial charge in [0.25, 0.3) is 5.91 Å². The van der Waals surface area contributed by atoms with Gasteiger partial charge in [-0.1, -0.05) is 26.7 Å². The highest BCUT2D eigenvalue weighted by Gasteiger charge is 2.26. The lowest BCUT2D eigenvalue weighted by atomic mass is 10.2. The molecule has 22 heavy (non-hydrogen) atoms. The Labute approximate surface area is 131 Å². The number of aliphatic carboxylic acids is 1. The minimum atomic E-state index is -0.883. The van der Waals surface area contributed by atoms with Crippen molar-refractivity contribution in [3.63, 3.8) is 0 Å². The van der Waals surface area contributed by atoms with Crippen molar-refractivity contribution in [2.75, 3.05) is 13.1 Å². The number of rotatable bonds is 7. The highest BCUT2D eigenvalue weighted by Crippen LogP contribution is 2.30. The van der Waals surface area contributed by atoms with Crippen LogP contribution >= 0.6 is 0 Å². The molecule has 1 aliphatic carbocycles. The predicted molar refractivity (Wildman–Crippen MR) is 82.7 cm³/mol. The Morgan fingerprint density at radius 3 is 2.68 bits per heavy atom. The summed E-state index contributed by atoms with van der Waals surface area (Å²) in [6, 6.07) is 2.05. The quantitative estimate of drug-likeness (QED) is 0.840. The fraction of sp³-hybridized carbons (Fsp3) is 0.688. The zero-order chi connectivity index (χ0) is 16.1. The van der Waals surface area contributed by atoms with Gasteiger partial charge in [-0.05, 0) is 24.8 Å². The van der Waals surface area contributed by atoms with Crippen molar-refractivity contribution < 1.29 is 14.7 Å². The number of carboxylic acid groups (broad SMARTS) is 1. The zero-order valence-electron chi connectivity index (χ0n) is 13.4. The van der Waals surface area contributed by atoms with Crippen molar-refractivity contribution in [1.29, 1.82) is 0 Å². The second-order valence-corrected chi connectivity index (χ2v) is 6.39. The van der Waals surface area contributed by atoms with Crippen LogP contribution in [0.1, 0.15) is 62.5 Å². The third kappa shape index (κ3) is 4.08. The molecule has 1 fully saturated rings. The lowest BCUT2D eigenvalue weighted by molar-refractivity contribution is -0.137. The van der Waals surface area contributed by atoms with E-state index in [2.05, 4.69) is 5.10 Å². The fourth-order valence-electron chi connectivity index (χ4n) is 3.03. The molecule has 0 spiro atoms. The molecule has 0 aromatic carbocycles. The van der Waals surface area contributed by atoms with Gasteiger partial charge < -0.3 is 10.0 Å². The molecule has 1 aliphatic rings. The molecule has 1 aromatic heterocycles. The van der Waals surface area contributed by atoms with Crippen LogP contribution in [-0.4, -0.2) is 44.8 Å². The van der Waals surface area contributed by atoms with E-state index in [9.17, 15) is 9.59 Å². The zero-order valence-corrected chi connectivity index (χ0v) is 13.4. The lowest BCUT2D eigenvalue weighted by Gasteiger charge is -2.25. The van der Waals surface area contributed by atoms with E-state index in [0.29, 0.717) is 24.2 Å². The van der Waals surface area contributed by atoms with E-state index >= 15 is 0 Å². The molecule has 2 rings (SSSR count). The molecule has 1 saturated carbocycles. The van der Waals surface area contributed by atoms with Crippen LogP contribution in [0.2, 0.25) is 0 Å². The minimum absolute atomic E-state index is 0.0317. The van der Waals surface area contributed by atoms with E-state index in [4.69, 9.17) is 5.11 Å². The molecule has 6 heteroatoms. The monoisotopic (exact) mass is 307 g/mol. The number of hydrogen-bond acceptors (Lipinski definition) is 3. The maximum absolute atomic E-state index is 12.8. The van der Waals surface area contributed by atoms with E-state index in [1.807, 2.05) is 18.5 Å². The highest BCUT2D eigenvalue weighted by atomic mass is 16.4. The Bertz CT molecular complexity index is 518. The Morgan fingerprint density at radius 2 is 2.09 bits per heavy atom. The van der Waals surface area contributed by atoms with Crippen molar-refractivity contribution in [1.82, 2.24) is 14.7 Å². The number of hydrogen-bond donors (Lipinski definition) is 1. The first-order valence-corrected chi connectivity index (χ1v) is 8.03. The number of carboxylic acids is 1. The summed E-state index contributed by atoms with van der Waals surface area (Å²) in [6.07, 6.45) is 6.09. The summed E-state index contributed by atoms with van der Waals surface area (Å²) in [5, 5.41) is 13.2. The predicted octanol–water partition coefficient (Wildman–Crippen LogP) is 2.57. The summed E-state index contributed by atoms with van der Waals surface area (Å²) in [5.41, 5.74) is 0.581. The molecule has 1 heterocycles. The van der Waals surface area contributed by atoms with Gasteiger partial charge in [-0.25, -0.2) is 0 Å². The Hall–Kier alpha value is -1.85. The molecule has 0 radical (unpaired) electrons. The minimum Gasteiger partial charge on any atom is -0.481 e. The smallest absolute Gasteiger partial charge is 0.305 e. The second kappa shape index (κ2) is 7.42.